The van der Waals surface area contributed by atoms with Gasteiger partial charge in [-0.3, -0.25) is 0 Å². The minimum Gasteiger partial charge on any atom is -0.412 e. The van der Waals surface area contributed by atoms with Gasteiger partial charge in [-0.1, -0.05) is 11.6 Å². The third-order valence-electron chi connectivity index (χ3n) is 0. The second kappa shape index (κ2) is 10.9. The molecule has 0 aliphatic rings. The molecule has 28 valence electrons. The van der Waals surface area contributed by atoms with E-state index < -0.39 is 6.13 Å². The fourth-order valence-electron chi connectivity index (χ4n) is 0. The number of hydrogen-bond donors (Lipinski definition) is 0. The van der Waals surface area contributed by atoms with Crippen LogP contribution < -0.4 is 0 Å². The second-order valence-electron chi connectivity index (χ2n) is 0.101. The van der Waals surface area contributed by atoms with Gasteiger partial charge in [0.05, 0.1) is 0 Å². The van der Waals surface area contributed by atoms with Gasteiger partial charge in [-0.2, -0.15) is 0 Å². The van der Waals surface area contributed by atoms with Crippen molar-refractivity contribution in [2.24, 2.45) is 0 Å². The number of halogens is 2. The van der Waals surface area contributed by atoms with Crippen LogP contribution in [0, 0.1) is 0 Å². The highest BCUT2D eigenvalue weighted by Gasteiger charge is 1.43. The van der Waals surface area contributed by atoms with Crippen molar-refractivity contribution in [3.63, 3.8) is 0 Å². The van der Waals surface area contributed by atoms with Crippen molar-refractivity contribution in [2.45, 2.75) is 0 Å². The van der Waals surface area contributed by atoms with E-state index in [9.17, 15) is 4.39 Å². The van der Waals surface area contributed by atoms with E-state index in [2.05, 4.69) is 11.6 Å². The fraction of sp³-hybridized carbons (Fsp3) is 1.00. The maximum Gasteiger partial charge on any atom is 0.163 e. The van der Waals surface area contributed by atoms with Crippen LogP contribution in [-0.2, 0) is 0 Å². The number of rotatable bonds is 0. The SMILES string of the molecule is FCCl.O. The maximum atomic E-state index is 10.1. The Bertz CT molecular complexity index is 8.00. The molecule has 0 unspecified atom stereocenters. The van der Waals surface area contributed by atoms with E-state index in [0.29, 0.717) is 0 Å². The highest BCUT2D eigenvalue weighted by Crippen LogP contribution is 1.65. The standard InChI is InChI=1S/CH2ClF.H2O/c2-1-3;/h1H2;1H2. The molecule has 0 atom stereocenters. The molecule has 0 amide bonds. The van der Waals surface area contributed by atoms with E-state index in [1.807, 2.05) is 0 Å². The van der Waals surface area contributed by atoms with Crippen molar-refractivity contribution < 1.29 is 9.87 Å². The van der Waals surface area contributed by atoms with E-state index >= 15 is 0 Å². The zero-order chi connectivity index (χ0) is 2.71. The largest absolute Gasteiger partial charge is 0.412 e. The summed E-state index contributed by atoms with van der Waals surface area (Å²) in [7, 11) is 0. The Labute approximate surface area is 28.7 Å². The lowest BCUT2D eigenvalue weighted by Gasteiger charge is -1.42. The first-order valence-corrected chi connectivity index (χ1v) is 1.07. The number of hydrogen-bond acceptors (Lipinski definition) is 0. The molecule has 4 heavy (non-hydrogen) atoms. The summed E-state index contributed by atoms with van der Waals surface area (Å²) < 4.78 is 10.1. The molecule has 1 nitrogen and oxygen atoms in total. The summed E-state index contributed by atoms with van der Waals surface area (Å²) in [6.45, 7) is 0. The summed E-state index contributed by atoms with van der Waals surface area (Å²) in [5, 5.41) is 0. The van der Waals surface area contributed by atoms with Crippen molar-refractivity contribution in [1.29, 1.82) is 0 Å². The first-order chi connectivity index (χ1) is 1.41. The second-order valence-corrected chi connectivity index (χ2v) is 0.303. The molecule has 0 heterocycles. The lowest BCUT2D eigenvalue weighted by molar-refractivity contribution is 0.599. The van der Waals surface area contributed by atoms with Crippen molar-refractivity contribution >= 4 is 11.6 Å². The average Bonchev–Trinajstić information content (AvgIpc) is 0.918. The summed E-state index contributed by atoms with van der Waals surface area (Å²) in [5.41, 5.74) is 0. The van der Waals surface area contributed by atoms with E-state index in [-0.39, 0.29) is 5.48 Å². The molecular formula is CH4ClFO. The summed E-state index contributed by atoms with van der Waals surface area (Å²) in [6.07, 6.45) is -0.778. The molecule has 0 fully saturated rings. The molecule has 2 N–H and O–H groups in total. The highest BCUT2D eigenvalue weighted by atomic mass is 35.5. The molecule has 0 rings (SSSR count). The summed E-state index contributed by atoms with van der Waals surface area (Å²) in [5.74, 6) is 0. The van der Waals surface area contributed by atoms with Crippen LogP contribution in [0.2, 0.25) is 0 Å². The Morgan fingerprint density at radius 3 is 1.75 bits per heavy atom. The zero-order valence-corrected chi connectivity index (χ0v) is 2.72. The van der Waals surface area contributed by atoms with Gasteiger partial charge in [-0.15, -0.1) is 0 Å². The molecule has 0 spiro atoms. The van der Waals surface area contributed by atoms with Crippen molar-refractivity contribution in [3.8, 4) is 0 Å². The van der Waals surface area contributed by atoms with Crippen LogP contribution in [0.1, 0.15) is 0 Å². The molecule has 3 heteroatoms. The molecule has 0 bridgehead atoms. The Balaban J connectivity index is 0. The fourth-order valence-corrected chi connectivity index (χ4v) is 0. The van der Waals surface area contributed by atoms with Crippen molar-refractivity contribution in [3.05, 3.63) is 0 Å². The van der Waals surface area contributed by atoms with Crippen LogP contribution in [0.15, 0.2) is 0 Å². The Morgan fingerprint density at radius 2 is 1.75 bits per heavy atom. The van der Waals surface area contributed by atoms with Gasteiger partial charge >= 0.3 is 0 Å². The van der Waals surface area contributed by atoms with Crippen LogP contribution in [0.5, 0.6) is 0 Å². The van der Waals surface area contributed by atoms with Crippen LogP contribution in [0.4, 0.5) is 4.39 Å². The predicted octanol–water partition coefficient (Wildman–Crippen LogP) is 0.327. The van der Waals surface area contributed by atoms with Gasteiger partial charge in [0.25, 0.3) is 0 Å². The van der Waals surface area contributed by atoms with Gasteiger partial charge < -0.3 is 5.48 Å². The van der Waals surface area contributed by atoms with E-state index in [4.69, 9.17) is 0 Å². The van der Waals surface area contributed by atoms with E-state index in [0.717, 1.165) is 0 Å². The van der Waals surface area contributed by atoms with Crippen molar-refractivity contribution in [2.75, 3.05) is 6.13 Å². The molecule has 0 aromatic heterocycles. The van der Waals surface area contributed by atoms with E-state index in [1.54, 1.807) is 0 Å². The molecule has 0 aromatic rings. The van der Waals surface area contributed by atoms with Crippen LogP contribution >= 0.6 is 11.6 Å². The molecule has 0 radical (unpaired) electrons. The Kier molecular flexibility index (Phi) is 24.1. The molecule has 0 saturated carbocycles. The van der Waals surface area contributed by atoms with Gasteiger partial charge in [0.1, 0.15) is 0 Å². The summed E-state index contributed by atoms with van der Waals surface area (Å²) in [6, 6.07) is 0. The lowest BCUT2D eigenvalue weighted by Crippen LogP contribution is -1.29. The molecule has 0 aliphatic heterocycles. The van der Waals surface area contributed by atoms with Gasteiger partial charge in [-0.05, 0) is 0 Å². The van der Waals surface area contributed by atoms with Gasteiger partial charge in [0.15, 0.2) is 6.13 Å². The third-order valence-corrected chi connectivity index (χ3v) is 0. The van der Waals surface area contributed by atoms with Gasteiger partial charge in [0, 0.05) is 0 Å². The maximum absolute atomic E-state index is 10.1. The first-order valence-electron chi connectivity index (χ1n) is 0.535. The normalized spacial score (nSPS) is 4.50. The highest BCUT2D eigenvalue weighted by molar-refractivity contribution is 6.16. The minimum absolute atomic E-state index is 0. The lowest BCUT2D eigenvalue weighted by atomic mass is 11.8. The summed E-state index contributed by atoms with van der Waals surface area (Å²) >= 11 is 4.33. The molecular weight excluding hydrogens is 82.5 g/mol. The van der Waals surface area contributed by atoms with Crippen LogP contribution in [0.3, 0.4) is 0 Å². The minimum atomic E-state index is -0.778. The quantitative estimate of drug-likeness (QED) is 0.381. The smallest absolute Gasteiger partial charge is 0.163 e. The molecule has 0 aliphatic carbocycles. The Morgan fingerprint density at radius 1 is 1.75 bits per heavy atom. The van der Waals surface area contributed by atoms with E-state index in [1.165, 1.54) is 0 Å². The first kappa shape index (κ1) is 8.89. The zero-order valence-electron chi connectivity index (χ0n) is 1.96. The monoisotopic (exact) mass is 86.0 g/mol. The van der Waals surface area contributed by atoms with Crippen LogP contribution in [-0.4, -0.2) is 11.6 Å². The van der Waals surface area contributed by atoms with Crippen molar-refractivity contribution in [1.82, 2.24) is 0 Å². The average molecular weight is 86.5 g/mol. The topological polar surface area (TPSA) is 31.5 Å². The third kappa shape index (κ3) is 93.7. The van der Waals surface area contributed by atoms with Gasteiger partial charge in [-0.25, -0.2) is 4.39 Å². The molecule has 0 saturated heterocycles. The Hall–Kier alpha value is 0.180. The number of alkyl halides is 2. The van der Waals surface area contributed by atoms with Crippen LogP contribution in [0.25, 0.3) is 0 Å². The molecule has 0 aromatic carbocycles. The summed E-state index contributed by atoms with van der Waals surface area (Å²) in [4.78, 5) is 0. The van der Waals surface area contributed by atoms with Gasteiger partial charge in [0.2, 0.25) is 0 Å². The predicted molar refractivity (Wildman–Crippen MR) is 15.4 cm³/mol.